The van der Waals surface area contributed by atoms with Crippen molar-refractivity contribution in [1.82, 2.24) is 10.3 Å². The molecule has 2 aromatic rings. The summed E-state index contributed by atoms with van der Waals surface area (Å²) in [4.78, 5) is 15.2. The van der Waals surface area contributed by atoms with Crippen LogP contribution in [-0.2, 0) is 4.79 Å². The van der Waals surface area contributed by atoms with Gasteiger partial charge in [0, 0.05) is 0 Å². The first-order valence-corrected chi connectivity index (χ1v) is 6.29. The minimum atomic E-state index is -1.57. The lowest BCUT2D eigenvalue weighted by Crippen LogP contribution is -2.27. The third-order valence-electron chi connectivity index (χ3n) is 2.30. The number of likely N-dealkylation sites (N-methyl/N-ethyl adjacent to an activating group) is 1. The summed E-state index contributed by atoms with van der Waals surface area (Å²) < 4.78 is 39.6. The van der Waals surface area contributed by atoms with E-state index in [9.17, 15) is 18.0 Å². The molecule has 1 aromatic carbocycles. The molecule has 0 aliphatic rings. The third-order valence-corrected chi connectivity index (χ3v) is 3.22. The Bertz CT molecular complexity index is 629. The molecule has 2 N–H and O–H groups in total. The largest absolute Gasteiger partial charge is 0.309 e. The van der Waals surface area contributed by atoms with E-state index in [1.165, 1.54) is 0 Å². The van der Waals surface area contributed by atoms with Crippen LogP contribution in [0.1, 0.15) is 6.92 Å². The second-order valence-corrected chi connectivity index (χ2v) is 4.71. The number of hydrogen-bond donors (Lipinski definition) is 2. The summed E-state index contributed by atoms with van der Waals surface area (Å²) in [5.74, 6) is -4.55. The van der Waals surface area contributed by atoms with Crippen LogP contribution in [0.3, 0.4) is 0 Å². The number of rotatable bonds is 4. The first-order chi connectivity index (χ1) is 9.02. The van der Waals surface area contributed by atoms with E-state index in [4.69, 9.17) is 0 Å². The van der Waals surface area contributed by atoms with E-state index in [1.807, 2.05) is 6.92 Å². The fourth-order valence-corrected chi connectivity index (χ4v) is 2.33. The molecule has 8 heteroatoms. The SMILES string of the molecule is CCNCC(=O)Nc1nc2c(F)c(F)c(F)cc2s1. The summed E-state index contributed by atoms with van der Waals surface area (Å²) >= 11 is 0.879. The highest BCUT2D eigenvalue weighted by atomic mass is 32.1. The van der Waals surface area contributed by atoms with Crippen molar-refractivity contribution in [1.29, 1.82) is 0 Å². The van der Waals surface area contributed by atoms with Crippen molar-refractivity contribution >= 4 is 32.6 Å². The maximum Gasteiger partial charge on any atom is 0.240 e. The molecule has 1 amide bonds. The van der Waals surface area contributed by atoms with Crippen molar-refractivity contribution in [3.63, 3.8) is 0 Å². The Labute approximate surface area is 110 Å². The minimum absolute atomic E-state index is 0.0810. The standard InChI is InChI=1S/C11H10F3N3OS/c1-2-15-4-7(18)16-11-17-10-6(19-11)3-5(12)8(13)9(10)14/h3,15H,2,4H2,1H3,(H,16,17,18). The predicted octanol–water partition coefficient (Wildman–Crippen LogP) is 2.26. The van der Waals surface area contributed by atoms with Gasteiger partial charge in [-0.05, 0) is 12.6 Å². The van der Waals surface area contributed by atoms with Crippen LogP contribution in [0.4, 0.5) is 18.3 Å². The molecule has 0 atom stereocenters. The molecule has 0 aliphatic carbocycles. The van der Waals surface area contributed by atoms with E-state index in [-0.39, 0.29) is 27.8 Å². The molecule has 0 bridgehead atoms. The smallest absolute Gasteiger partial charge is 0.240 e. The Morgan fingerprint density at radius 3 is 2.79 bits per heavy atom. The summed E-state index contributed by atoms with van der Waals surface area (Å²) in [6, 6.07) is 0.853. The van der Waals surface area contributed by atoms with Crippen molar-refractivity contribution in [2.45, 2.75) is 6.92 Å². The van der Waals surface area contributed by atoms with Gasteiger partial charge in [0.05, 0.1) is 11.2 Å². The second-order valence-electron chi connectivity index (χ2n) is 3.68. The number of halogens is 3. The molecule has 0 saturated carbocycles. The number of anilines is 1. The topological polar surface area (TPSA) is 54.0 Å². The van der Waals surface area contributed by atoms with Crippen molar-refractivity contribution in [3.8, 4) is 0 Å². The van der Waals surface area contributed by atoms with E-state index < -0.39 is 17.5 Å². The lowest BCUT2D eigenvalue weighted by molar-refractivity contribution is -0.115. The van der Waals surface area contributed by atoms with E-state index in [2.05, 4.69) is 15.6 Å². The Hall–Kier alpha value is -1.67. The van der Waals surface area contributed by atoms with Crippen LogP contribution >= 0.6 is 11.3 Å². The fourth-order valence-electron chi connectivity index (χ4n) is 1.43. The molecule has 0 radical (unpaired) electrons. The summed E-state index contributed by atoms with van der Waals surface area (Å²) in [7, 11) is 0. The van der Waals surface area contributed by atoms with E-state index in [1.54, 1.807) is 0 Å². The van der Waals surface area contributed by atoms with Crippen LogP contribution in [0.2, 0.25) is 0 Å². The van der Waals surface area contributed by atoms with Gasteiger partial charge in [0.1, 0.15) is 5.52 Å². The Morgan fingerprint density at radius 2 is 2.11 bits per heavy atom. The Kier molecular flexibility index (Phi) is 4.01. The molecule has 1 aromatic heterocycles. The normalized spacial score (nSPS) is 10.9. The van der Waals surface area contributed by atoms with Gasteiger partial charge in [-0.25, -0.2) is 18.2 Å². The maximum absolute atomic E-state index is 13.4. The van der Waals surface area contributed by atoms with Crippen LogP contribution in [0, 0.1) is 17.5 Å². The second kappa shape index (κ2) is 5.54. The van der Waals surface area contributed by atoms with Crippen molar-refractivity contribution in [2.75, 3.05) is 18.4 Å². The molecule has 0 aliphatic heterocycles. The highest BCUT2D eigenvalue weighted by Gasteiger charge is 2.18. The highest BCUT2D eigenvalue weighted by Crippen LogP contribution is 2.30. The molecular weight excluding hydrogens is 279 g/mol. The number of amides is 1. The summed E-state index contributed by atoms with van der Waals surface area (Å²) in [6.45, 7) is 2.54. The lowest BCUT2D eigenvalue weighted by Gasteiger charge is -2.00. The molecule has 1 heterocycles. The number of benzene rings is 1. The number of fused-ring (bicyclic) bond motifs is 1. The van der Waals surface area contributed by atoms with Gasteiger partial charge in [-0.2, -0.15) is 0 Å². The summed E-state index contributed by atoms with van der Waals surface area (Å²) in [6.07, 6.45) is 0. The fraction of sp³-hybridized carbons (Fsp3) is 0.273. The molecule has 4 nitrogen and oxygen atoms in total. The molecule has 102 valence electrons. The average molecular weight is 289 g/mol. The number of carbonyl (C=O) groups is 1. The van der Waals surface area contributed by atoms with E-state index in [0.29, 0.717) is 6.54 Å². The number of nitrogens with one attached hydrogen (secondary N) is 2. The molecule has 2 rings (SSSR count). The van der Waals surface area contributed by atoms with Crippen LogP contribution in [0.5, 0.6) is 0 Å². The van der Waals surface area contributed by atoms with Crippen LogP contribution in [0.15, 0.2) is 6.07 Å². The van der Waals surface area contributed by atoms with Gasteiger partial charge in [0.15, 0.2) is 22.6 Å². The number of hydrogen-bond acceptors (Lipinski definition) is 4. The monoisotopic (exact) mass is 289 g/mol. The van der Waals surface area contributed by atoms with Crippen LogP contribution < -0.4 is 10.6 Å². The van der Waals surface area contributed by atoms with Gasteiger partial charge in [0.2, 0.25) is 5.91 Å². The highest BCUT2D eigenvalue weighted by molar-refractivity contribution is 7.22. The maximum atomic E-state index is 13.4. The number of carbonyl (C=O) groups excluding carboxylic acids is 1. The van der Waals surface area contributed by atoms with Crippen LogP contribution in [-0.4, -0.2) is 24.0 Å². The molecule has 19 heavy (non-hydrogen) atoms. The van der Waals surface area contributed by atoms with Gasteiger partial charge in [-0.3, -0.25) is 4.79 Å². The summed E-state index contributed by atoms with van der Waals surface area (Å²) in [5, 5.41) is 5.33. The van der Waals surface area contributed by atoms with Gasteiger partial charge in [-0.15, -0.1) is 0 Å². The van der Waals surface area contributed by atoms with Crippen molar-refractivity contribution in [3.05, 3.63) is 23.5 Å². The Morgan fingerprint density at radius 1 is 1.37 bits per heavy atom. The number of thiazole rings is 1. The van der Waals surface area contributed by atoms with Gasteiger partial charge in [-0.1, -0.05) is 18.3 Å². The quantitative estimate of drug-likeness (QED) is 0.849. The Balaban J connectivity index is 2.27. The first kappa shape index (κ1) is 13.8. The number of aromatic nitrogens is 1. The molecule has 0 spiro atoms. The lowest BCUT2D eigenvalue weighted by atomic mass is 10.3. The molecule has 0 saturated heterocycles. The zero-order valence-corrected chi connectivity index (χ0v) is 10.7. The predicted molar refractivity (Wildman–Crippen MR) is 66.7 cm³/mol. The third kappa shape index (κ3) is 2.85. The molecular formula is C11H10F3N3OS. The summed E-state index contributed by atoms with van der Waals surface area (Å²) in [5.41, 5.74) is -0.289. The zero-order valence-electron chi connectivity index (χ0n) is 9.89. The zero-order chi connectivity index (χ0) is 14.0. The van der Waals surface area contributed by atoms with Crippen molar-refractivity contribution in [2.24, 2.45) is 0 Å². The van der Waals surface area contributed by atoms with Crippen molar-refractivity contribution < 1.29 is 18.0 Å². The minimum Gasteiger partial charge on any atom is -0.309 e. The van der Waals surface area contributed by atoms with E-state index >= 15 is 0 Å². The van der Waals surface area contributed by atoms with Gasteiger partial charge < -0.3 is 10.6 Å². The van der Waals surface area contributed by atoms with Crippen LogP contribution in [0.25, 0.3) is 10.2 Å². The molecule has 0 unspecified atom stereocenters. The van der Waals surface area contributed by atoms with E-state index in [0.717, 1.165) is 17.4 Å². The molecule has 0 fully saturated rings. The van der Waals surface area contributed by atoms with Gasteiger partial charge in [0.25, 0.3) is 0 Å². The van der Waals surface area contributed by atoms with Gasteiger partial charge >= 0.3 is 0 Å². The average Bonchev–Trinajstić information content (AvgIpc) is 2.76. The first-order valence-electron chi connectivity index (χ1n) is 5.47. The number of nitrogens with zero attached hydrogens (tertiary/aromatic N) is 1.